The van der Waals surface area contributed by atoms with E-state index < -0.39 is 11.2 Å². The topological polar surface area (TPSA) is 70.8 Å². The third-order valence-corrected chi connectivity index (χ3v) is 2.33. The Morgan fingerprint density at radius 2 is 2.06 bits per heavy atom. The summed E-state index contributed by atoms with van der Waals surface area (Å²) < 4.78 is 15.2. The Labute approximate surface area is 103 Å². The Kier molecular flexibility index (Phi) is 5.14. The van der Waals surface area contributed by atoms with Gasteiger partial charge >= 0.3 is 0 Å². The van der Waals surface area contributed by atoms with Crippen LogP contribution in [0.4, 0.5) is 5.69 Å². The van der Waals surface area contributed by atoms with Gasteiger partial charge in [-0.05, 0) is 6.07 Å². The van der Waals surface area contributed by atoms with Crippen LogP contribution in [0.15, 0.2) is 18.2 Å². The lowest BCUT2D eigenvalue weighted by atomic mass is 10.3. The van der Waals surface area contributed by atoms with E-state index >= 15 is 0 Å². The van der Waals surface area contributed by atoms with Crippen molar-refractivity contribution in [3.63, 3.8) is 0 Å². The summed E-state index contributed by atoms with van der Waals surface area (Å²) in [6, 6.07) is 4.13. The molecule has 0 aromatic heterocycles. The van der Waals surface area contributed by atoms with Crippen LogP contribution in [0.5, 0.6) is 5.75 Å². The van der Waals surface area contributed by atoms with Gasteiger partial charge in [0.15, 0.2) is 6.29 Å². The second-order valence-electron chi connectivity index (χ2n) is 3.08. The van der Waals surface area contributed by atoms with Crippen LogP contribution in [0.3, 0.4) is 0 Å². The van der Waals surface area contributed by atoms with Gasteiger partial charge in [0.2, 0.25) is 0 Å². The van der Waals surface area contributed by atoms with E-state index in [4.69, 9.17) is 25.8 Å². The Morgan fingerprint density at radius 3 is 2.53 bits per heavy atom. The number of hydrogen-bond donors (Lipinski definition) is 0. The lowest BCUT2D eigenvalue weighted by Crippen LogP contribution is -2.21. The van der Waals surface area contributed by atoms with Crippen molar-refractivity contribution in [1.29, 1.82) is 0 Å². The van der Waals surface area contributed by atoms with Crippen LogP contribution in [-0.4, -0.2) is 32.0 Å². The third-order valence-electron chi connectivity index (χ3n) is 2.03. The van der Waals surface area contributed by atoms with E-state index in [0.29, 0.717) is 5.75 Å². The minimum absolute atomic E-state index is 0.0267. The highest BCUT2D eigenvalue weighted by atomic mass is 35.5. The van der Waals surface area contributed by atoms with Gasteiger partial charge in [0, 0.05) is 26.4 Å². The zero-order valence-corrected chi connectivity index (χ0v) is 10.1. The smallest absolute Gasteiger partial charge is 0.288 e. The van der Waals surface area contributed by atoms with E-state index in [2.05, 4.69) is 0 Å². The van der Waals surface area contributed by atoms with Gasteiger partial charge in [-0.25, -0.2) is 0 Å². The average Bonchev–Trinajstić information content (AvgIpc) is 2.30. The predicted molar refractivity (Wildman–Crippen MR) is 61.4 cm³/mol. The first-order valence-corrected chi connectivity index (χ1v) is 5.08. The number of ether oxygens (including phenoxy) is 3. The summed E-state index contributed by atoms with van der Waals surface area (Å²) in [4.78, 5) is 9.98. The molecule has 0 saturated heterocycles. The number of methoxy groups -OCH3 is 2. The molecule has 94 valence electrons. The fraction of sp³-hybridized carbons (Fsp3) is 0.400. The molecular weight excluding hydrogens is 250 g/mol. The number of nitrogens with zero attached hydrogens (tertiary/aromatic N) is 1. The van der Waals surface area contributed by atoms with Gasteiger partial charge < -0.3 is 14.2 Å². The van der Waals surface area contributed by atoms with Crippen LogP contribution in [-0.2, 0) is 9.47 Å². The molecule has 0 heterocycles. The number of halogens is 1. The monoisotopic (exact) mass is 261 g/mol. The zero-order chi connectivity index (χ0) is 12.8. The minimum Gasteiger partial charge on any atom is -0.488 e. The highest BCUT2D eigenvalue weighted by molar-refractivity contribution is 6.32. The van der Waals surface area contributed by atoms with Crippen molar-refractivity contribution in [2.45, 2.75) is 6.29 Å². The molecule has 0 bridgehead atoms. The molecule has 0 radical (unpaired) electrons. The molecule has 0 atom stereocenters. The Bertz CT molecular complexity index is 394. The molecule has 0 aliphatic rings. The molecular formula is C10H12ClNO5. The number of benzene rings is 1. The number of hydrogen-bond acceptors (Lipinski definition) is 5. The SMILES string of the molecule is COC(COc1ccc([N+](=O)[O-])c(Cl)c1)OC. The van der Waals surface area contributed by atoms with Gasteiger partial charge in [0.25, 0.3) is 5.69 Å². The molecule has 0 fully saturated rings. The molecule has 17 heavy (non-hydrogen) atoms. The van der Waals surface area contributed by atoms with Crippen LogP contribution >= 0.6 is 11.6 Å². The van der Waals surface area contributed by atoms with Crippen molar-refractivity contribution >= 4 is 17.3 Å². The molecule has 1 aromatic carbocycles. The van der Waals surface area contributed by atoms with Gasteiger partial charge in [0.1, 0.15) is 17.4 Å². The van der Waals surface area contributed by atoms with Crippen molar-refractivity contribution in [2.24, 2.45) is 0 Å². The molecule has 0 saturated carbocycles. The Morgan fingerprint density at radius 1 is 1.41 bits per heavy atom. The van der Waals surface area contributed by atoms with Crippen LogP contribution in [0.25, 0.3) is 0 Å². The summed E-state index contributed by atoms with van der Waals surface area (Å²) in [6.45, 7) is 0.168. The summed E-state index contributed by atoms with van der Waals surface area (Å²) >= 11 is 5.72. The average molecular weight is 262 g/mol. The molecule has 0 aliphatic heterocycles. The maximum atomic E-state index is 10.5. The standard InChI is InChI=1S/C10H12ClNO5/c1-15-10(16-2)6-17-7-3-4-9(12(13)14)8(11)5-7/h3-5,10H,6H2,1-2H3. The summed E-state index contributed by atoms with van der Waals surface area (Å²) in [6.07, 6.45) is -0.496. The maximum absolute atomic E-state index is 10.5. The third kappa shape index (κ3) is 3.85. The fourth-order valence-corrected chi connectivity index (χ4v) is 1.36. The summed E-state index contributed by atoms with van der Waals surface area (Å²) in [5.41, 5.74) is -0.158. The molecule has 6 nitrogen and oxygen atoms in total. The first-order valence-electron chi connectivity index (χ1n) is 4.70. The van der Waals surface area contributed by atoms with E-state index in [9.17, 15) is 10.1 Å². The lowest BCUT2D eigenvalue weighted by Gasteiger charge is -2.14. The van der Waals surface area contributed by atoms with Crippen LogP contribution in [0, 0.1) is 10.1 Å². The van der Waals surface area contributed by atoms with Crippen molar-refractivity contribution in [2.75, 3.05) is 20.8 Å². The highest BCUT2D eigenvalue weighted by Gasteiger charge is 2.13. The number of nitro groups is 1. The predicted octanol–water partition coefficient (Wildman–Crippen LogP) is 2.25. The van der Waals surface area contributed by atoms with Crippen LogP contribution in [0.1, 0.15) is 0 Å². The summed E-state index contributed by atoms with van der Waals surface area (Å²) in [5.74, 6) is 0.416. The molecule has 1 aromatic rings. The van der Waals surface area contributed by atoms with Crippen LogP contribution in [0.2, 0.25) is 5.02 Å². The zero-order valence-electron chi connectivity index (χ0n) is 9.38. The van der Waals surface area contributed by atoms with Crippen molar-refractivity contribution < 1.29 is 19.1 Å². The van der Waals surface area contributed by atoms with Gasteiger partial charge in [0.05, 0.1) is 4.92 Å². The first-order chi connectivity index (χ1) is 8.08. The van der Waals surface area contributed by atoms with Crippen molar-refractivity contribution in [3.05, 3.63) is 33.3 Å². The van der Waals surface area contributed by atoms with E-state index in [1.807, 2.05) is 0 Å². The largest absolute Gasteiger partial charge is 0.488 e. The van der Waals surface area contributed by atoms with Gasteiger partial charge in [-0.3, -0.25) is 10.1 Å². The van der Waals surface area contributed by atoms with E-state index in [1.165, 1.54) is 32.4 Å². The normalized spacial score (nSPS) is 10.6. The minimum atomic E-state index is -0.556. The van der Waals surface area contributed by atoms with Gasteiger partial charge in [-0.2, -0.15) is 0 Å². The molecule has 7 heteroatoms. The lowest BCUT2D eigenvalue weighted by molar-refractivity contribution is -0.384. The maximum Gasteiger partial charge on any atom is 0.288 e. The highest BCUT2D eigenvalue weighted by Crippen LogP contribution is 2.28. The quantitative estimate of drug-likeness (QED) is 0.446. The molecule has 0 aliphatic carbocycles. The number of rotatable bonds is 6. The Hall–Kier alpha value is -1.37. The second kappa shape index (κ2) is 6.39. The molecule has 0 unspecified atom stereocenters. The Balaban J connectivity index is 2.67. The van der Waals surface area contributed by atoms with E-state index in [0.717, 1.165) is 0 Å². The van der Waals surface area contributed by atoms with E-state index in [-0.39, 0.29) is 17.3 Å². The van der Waals surface area contributed by atoms with Gasteiger partial charge in [-0.1, -0.05) is 11.6 Å². The molecule has 1 rings (SSSR count). The van der Waals surface area contributed by atoms with Crippen molar-refractivity contribution in [3.8, 4) is 5.75 Å². The number of nitro benzene ring substituents is 1. The summed E-state index contributed by atoms with van der Waals surface area (Å²) in [5, 5.41) is 10.6. The summed E-state index contributed by atoms with van der Waals surface area (Å²) in [7, 11) is 2.97. The van der Waals surface area contributed by atoms with E-state index in [1.54, 1.807) is 0 Å². The molecule has 0 N–H and O–H groups in total. The molecule has 0 amide bonds. The fourth-order valence-electron chi connectivity index (χ4n) is 1.12. The van der Waals surface area contributed by atoms with Gasteiger partial charge in [-0.15, -0.1) is 0 Å². The molecule has 0 spiro atoms. The van der Waals surface area contributed by atoms with Crippen molar-refractivity contribution in [1.82, 2.24) is 0 Å². The second-order valence-corrected chi connectivity index (χ2v) is 3.49. The first kappa shape index (κ1) is 13.7. The van der Waals surface area contributed by atoms with Crippen LogP contribution < -0.4 is 4.74 Å².